The fourth-order valence-corrected chi connectivity index (χ4v) is 3.49. The van der Waals surface area contributed by atoms with Crippen LogP contribution in [-0.2, 0) is 4.79 Å². The summed E-state index contributed by atoms with van der Waals surface area (Å²) in [7, 11) is 0. The van der Waals surface area contributed by atoms with Crippen LogP contribution in [0.25, 0.3) is 0 Å². The maximum Gasteiger partial charge on any atom is 0.222 e. The van der Waals surface area contributed by atoms with Gasteiger partial charge in [0, 0.05) is 44.4 Å². The molecule has 0 spiro atoms. The normalized spacial score (nSPS) is 20.0. The van der Waals surface area contributed by atoms with Gasteiger partial charge >= 0.3 is 0 Å². The first-order valence-electron chi connectivity index (χ1n) is 8.63. The van der Waals surface area contributed by atoms with E-state index in [1.165, 1.54) is 0 Å². The number of pyridine rings is 1. The standard InChI is InChI=1S/C18H25N3O2/c1-14(22)16-5-6-17(19-12-16)20-10-7-15(8-11-20)13-21-9-3-2-4-18(21)23/h5-6,12,15H,2-4,7-11,13H2,1H3. The third kappa shape index (κ3) is 3.89. The molecule has 0 aromatic carbocycles. The molecule has 2 saturated heterocycles. The highest BCUT2D eigenvalue weighted by Crippen LogP contribution is 2.24. The first-order valence-corrected chi connectivity index (χ1v) is 8.63. The fraction of sp³-hybridized carbons (Fsp3) is 0.611. The Morgan fingerprint density at radius 3 is 2.61 bits per heavy atom. The van der Waals surface area contributed by atoms with Gasteiger partial charge in [-0.25, -0.2) is 4.98 Å². The summed E-state index contributed by atoms with van der Waals surface area (Å²) in [4.78, 5) is 32.0. The molecule has 5 nitrogen and oxygen atoms in total. The number of rotatable bonds is 4. The van der Waals surface area contributed by atoms with E-state index < -0.39 is 0 Å². The maximum absolute atomic E-state index is 11.9. The van der Waals surface area contributed by atoms with Crippen molar-refractivity contribution in [3.8, 4) is 0 Å². The molecule has 1 aromatic heterocycles. The third-order valence-corrected chi connectivity index (χ3v) is 4.99. The first kappa shape index (κ1) is 16.0. The molecular formula is C18H25N3O2. The van der Waals surface area contributed by atoms with E-state index in [2.05, 4.69) is 14.8 Å². The molecule has 23 heavy (non-hydrogen) atoms. The SMILES string of the molecule is CC(=O)c1ccc(N2CCC(CN3CCCCC3=O)CC2)nc1. The second kappa shape index (κ2) is 7.11. The van der Waals surface area contributed by atoms with Crippen molar-refractivity contribution in [1.82, 2.24) is 9.88 Å². The summed E-state index contributed by atoms with van der Waals surface area (Å²) in [5.74, 6) is 1.93. The zero-order valence-corrected chi connectivity index (χ0v) is 13.8. The monoisotopic (exact) mass is 315 g/mol. The number of hydrogen-bond acceptors (Lipinski definition) is 4. The van der Waals surface area contributed by atoms with Crippen molar-refractivity contribution in [3.05, 3.63) is 23.9 Å². The average Bonchev–Trinajstić information content (AvgIpc) is 2.58. The second-order valence-corrected chi connectivity index (χ2v) is 6.69. The molecule has 0 radical (unpaired) electrons. The number of ketones is 1. The number of hydrogen-bond donors (Lipinski definition) is 0. The Balaban J connectivity index is 1.51. The quantitative estimate of drug-likeness (QED) is 0.801. The summed E-state index contributed by atoms with van der Waals surface area (Å²) in [6.07, 6.45) is 6.79. The number of carbonyl (C=O) groups is 2. The van der Waals surface area contributed by atoms with Crippen LogP contribution >= 0.6 is 0 Å². The zero-order chi connectivity index (χ0) is 16.2. The minimum Gasteiger partial charge on any atom is -0.357 e. The summed E-state index contributed by atoms with van der Waals surface area (Å²) < 4.78 is 0. The summed E-state index contributed by atoms with van der Waals surface area (Å²) in [5, 5.41) is 0. The van der Waals surface area contributed by atoms with E-state index in [1.54, 1.807) is 13.1 Å². The molecule has 0 unspecified atom stereocenters. The Bertz CT molecular complexity index is 562. The molecule has 0 atom stereocenters. The van der Waals surface area contributed by atoms with Crippen LogP contribution < -0.4 is 4.90 Å². The summed E-state index contributed by atoms with van der Waals surface area (Å²) in [5.41, 5.74) is 0.659. The summed E-state index contributed by atoms with van der Waals surface area (Å²) in [6.45, 7) is 5.36. The van der Waals surface area contributed by atoms with Crippen molar-refractivity contribution >= 4 is 17.5 Å². The molecule has 3 rings (SSSR count). The van der Waals surface area contributed by atoms with Crippen LogP contribution in [0.2, 0.25) is 0 Å². The molecule has 2 fully saturated rings. The number of aromatic nitrogens is 1. The van der Waals surface area contributed by atoms with Crippen molar-refractivity contribution < 1.29 is 9.59 Å². The number of carbonyl (C=O) groups excluding carboxylic acids is 2. The smallest absolute Gasteiger partial charge is 0.222 e. The lowest BCUT2D eigenvalue weighted by atomic mass is 9.95. The van der Waals surface area contributed by atoms with Crippen molar-refractivity contribution in [3.63, 3.8) is 0 Å². The highest BCUT2D eigenvalue weighted by molar-refractivity contribution is 5.93. The van der Waals surface area contributed by atoms with Gasteiger partial charge in [-0.3, -0.25) is 9.59 Å². The molecule has 1 amide bonds. The van der Waals surface area contributed by atoms with Crippen molar-refractivity contribution in [1.29, 1.82) is 0 Å². The molecule has 2 aliphatic heterocycles. The van der Waals surface area contributed by atoms with Gasteiger partial charge in [0.1, 0.15) is 5.82 Å². The van der Waals surface area contributed by atoms with Crippen molar-refractivity contribution in [2.75, 3.05) is 31.1 Å². The average molecular weight is 315 g/mol. The molecule has 1 aromatic rings. The van der Waals surface area contributed by atoms with E-state index in [1.807, 2.05) is 12.1 Å². The molecule has 2 aliphatic rings. The van der Waals surface area contributed by atoms with E-state index in [-0.39, 0.29) is 5.78 Å². The Hall–Kier alpha value is -1.91. The molecule has 0 bridgehead atoms. The van der Waals surface area contributed by atoms with E-state index in [0.29, 0.717) is 17.4 Å². The molecule has 0 aliphatic carbocycles. The third-order valence-electron chi connectivity index (χ3n) is 4.99. The van der Waals surface area contributed by atoms with Crippen LogP contribution in [0.5, 0.6) is 0 Å². The highest BCUT2D eigenvalue weighted by Gasteiger charge is 2.25. The molecular weight excluding hydrogens is 290 g/mol. The summed E-state index contributed by atoms with van der Waals surface area (Å²) in [6, 6.07) is 3.79. The fourth-order valence-electron chi connectivity index (χ4n) is 3.49. The number of anilines is 1. The van der Waals surface area contributed by atoms with Crippen LogP contribution in [0.1, 0.15) is 49.4 Å². The van der Waals surface area contributed by atoms with E-state index in [9.17, 15) is 9.59 Å². The van der Waals surface area contributed by atoms with Crippen LogP contribution in [0.15, 0.2) is 18.3 Å². The number of likely N-dealkylation sites (tertiary alicyclic amines) is 1. The largest absolute Gasteiger partial charge is 0.357 e. The maximum atomic E-state index is 11.9. The van der Waals surface area contributed by atoms with Gasteiger partial charge in [-0.1, -0.05) is 0 Å². The van der Waals surface area contributed by atoms with Crippen LogP contribution in [0.4, 0.5) is 5.82 Å². The van der Waals surface area contributed by atoms with Crippen LogP contribution in [0.3, 0.4) is 0 Å². The van der Waals surface area contributed by atoms with Gasteiger partial charge < -0.3 is 9.80 Å². The highest BCUT2D eigenvalue weighted by atomic mass is 16.2. The van der Waals surface area contributed by atoms with Crippen LogP contribution in [0, 0.1) is 5.92 Å². The number of Topliss-reactive ketones (excluding diaryl/α,β-unsaturated/α-hetero) is 1. The van der Waals surface area contributed by atoms with Crippen LogP contribution in [-0.4, -0.2) is 47.8 Å². The Morgan fingerprint density at radius 1 is 1.22 bits per heavy atom. The number of amides is 1. The lowest BCUT2D eigenvalue weighted by Crippen LogP contribution is -2.42. The molecule has 5 heteroatoms. The Labute approximate surface area is 137 Å². The molecule has 124 valence electrons. The van der Waals surface area contributed by atoms with Gasteiger partial charge in [0.2, 0.25) is 5.91 Å². The number of piperidine rings is 2. The van der Waals surface area contributed by atoms with Gasteiger partial charge in [-0.05, 0) is 50.7 Å². The number of nitrogens with zero attached hydrogens (tertiary/aromatic N) is 3. The van der Waals surface area contributed by atoms with Gasteiger partial charge in [-0.15, -0.1) is 0 Å². The summed E-state index contributed by atoms with van der Waals surface area (Å²) >= 11 is 0. The molecule has 3 heterocycles. The lowest BCUT2D eigenvalue weighted by Gasteiger charge is -2.36. The minimum atomic E-state index is 0.0500. The predicted octanol–water partition coefficient (Wildman–Crippen LogP) is 2.51. The van der Waals surface area contributed by atoms with Gasteiger partial charge in [-0.2, -0.15) is 0 Å². The molecule has 0 N–H and O–H groups in total. The first-order chi connectivity index (χ1) is 11.1. The zero-order valence-electron chi connectivity index (χ0n) is 13.8. The Morgan fingerprint density at radius 2 is 2.00 bits per heavy atom. The topological polar surface area (TPSA) is 53.5 Å². The van der Waals surface area contributed by atoms with Gasteiger partial charge in [0.15, 0.2) is 5.78 Å². The van der Waals surface area contributed by atoms with Crippen molar-refractivity contribution in [2.45, 2.75) is 39.0 Å². The minimum absolute atomic E-state index is 0.0500. The van der Waals surface area contributed by atoms with E-state index in [0.717, 1.165) is 64.1 Å². The van der Waals surface area contributed by atoms with Gasteiger partial charge in [0.05, 0.1) is 0 Å². The Kier molecular flexibility index (Phi) is 4.94. The van der Waals surface area contributed by atoms with E-state index >= 15 is 0 Å². The van der Waals surface area contributed by atoms with E-state index in [4.69, 9.17) is 0 Å². The predicted molar refractivity (Wildman–Crippen MR) is 89.6 cm³/mol. The lowest BCUT2D eigenvalue weighted by molar-refractivity contribution is -0.134. The van der Waals surface area contributed by atoms with Gasteiger partial charge in [0.25, 0.3) is 0 Å². The molecule has 0 saturated carbocycles. The second-order valence-electron chi connectivity index (χ2n) is 6.69. The van der Waals surface area contributed by atoms with Crippen molar-refractivity contribution in [2.24, 2.45) is 5.92 Å².